The van der Waals surface area contributed by atoms with E-state index in [1.54, 1.807) is 0 Å². The minimum absolute atomic E-state index is 0.203. The molecule has 2 N–H and O–H groups in total. The van der Waals surface area contributed by atoms with Gasteiger partial charge in [-0.1, -0.05) is 57.0 Å². The minimum Gasteiger partial charge on any atom is -0.356 e. The number of nitrogens with zero attached hydrogens (tertiary/aromatic N) is 1. The van der Waals surface area contributed by atoms with Gasteiger partial charge in [0.25, 0.3) is 0 Å². The predicted octanol–water partition coefficient (Wildman–Crippen LogP) is 3.36. The van der Waals surface area contributed by atoms with Crippen molar-refractivity contribution >= 4 is 5.96 Å². The molecule has 0 aliphatic heterocycles. The van der Waals surface area contributed by atoms with Crippen LogP contribution in [-0.2, 0) is 6.42 Å². The van der Waals surface area contributed by atoms with E-state index in [0.29, 0.717) is 6.04 Å². The number of benzene rings is 1. The summed E-state index contributed by atoms with van der Waals surface area (Å²) in [4.78, 5) is 4.36. The van der Waals surface area contributed by atoms with Crippen LogP contribution < -0.4 is 10.6 Å². The second-order valence-electron chi connectivity index (χ2n) is 6.88. The highest BCUT2D eigenvalue weighted by Gasteiger charge is 2.20. The first-order chi connectivity index (χ1) is 10.1. The van der Waals surface area contributed by atoms with Crippen LogP contribution in [0.4, 0.5) is 0 Å². The average Bonchev–Trinajstić information content (AvgIpc) is 2.97. The van der Waals surface area contributed by atoms with Gasteiger partial charge in [-0.3, -0.25) is 4.99 Å². The third-order valence-corrected chi connectivity index (χ3v) is 4.18. The van der Waals surface area contributed by atoms with Gasteiger partial charge in [0.2, 0.25) is 0 Å². The molecular formula is C18H29N3. The maximum Gasteiger partial charge on any atom is 0.191 e. The van der Waals surface area contributed by atoms with Crippen LogP contribution in [0.5, 0.6) is 0 Å². The molecule has 21 heavy (non-hydrogen) atoms. The van der Waals surface area contributed by atoms with E-state index in [1.165, 1.54) is 31.2 Å². The van der Waals surface area contributed by atoms with Crippen molar-refractivity contribution in [1.29, 1.82) is 0 Å². The van der Waals surface area contributed by atoms with Gasteiger partial charge in [0, 0.05) is 19.6 Å². The van der Waals surface area contributed by atoms with E-state index >= 15 is 0 Å². The topological polar surface area (TPSA) is 36.4 Å². The molecule has 3 heteroatoms. The molecule has 0 heterocycles. The lowest BCUT2D eigenvalue weighted by Crippen LogP contribution is -2.45. The summed E-state index contributed by atoms with van der Waals surface area (Å²) in [6, 6.07) is 11.3. The summed E-state index contributed by atoms with van der Waals surface area (Å²) in [5, 5.41) is 7.04. The molecule has 0 radical (unpaired) electrons. The standard InChI is InChI=1S/C18H29N3/c1-18(2,13-15-9-5-4-6-10-15)14-20-17(19-3)21-16-11-7-8-12-16/h4-6,9-10,16H,7-8,11-14H2,1-3H3,(H2,19,20,21). The Morgan fingerprint density at radius 1 is 1.19 bits per heavy atom. The Balaban J connectivity index is 1.81. The molecule has 0 unspecified atom stereocenters. The van der Waals surface area contributed by atoms with Crippen molar-refractivity contribution in [2.45, 2.75) is 52.0 Å². The summed E-state index contributed by atoms with van der Waals surface area (Å²) in [6.45, 7) is 5.53. The molecule has 1 saturated carbocycles. The molecule has 0 saturated heterocycles. The molecule has 116 valence electrons. The van der Waals surface area contributed by atoms with E-state index < -0.39 is 0 Å². The molecule has 0 aromatic heterocycles. The molecule has 2 rings (SSSR count). The van der Waals surface area contributed by atoms with Crippen LogP contribution in [0, 0.1) is 5.41 Å². The molecule has 0 spiro atoms. The molecule has 3 nitrogen and oxygen atoms in total. The minimum atomic E-state index is 0.203. The molecule has 1 aromatic rings. The van der Waals surface area contributed by atoms with Crippen LogP contribution in [0.15, 0.2) is 35.3 Å². The Morgan fingerprint density at radius 2 is 1.86 bits per heavy atom. The van der Waals surface area contributed by atoms with Crippen molar-refractivity contribution in [3.8, 4) is 0 Å². The summed E-state index contributed by atoms with van der Waals surface area (Å²) in [5.41, 5.74) is 1.59. The van der Waals surface area contributed by atoms with Crippen LogP contribution in [0.3, 0.4) is 0 Å². The molecule has 0 atom stereocenters. The summed E-state index contributed by atoms with van der Waals surface area (Å²) in [7, 11) is 1.86. The number of rotatable bonds is 5. The third-order valence-electron chi connectivity index (χ3n) is 4.18. The zero-order valence-corrected chi connectivity index (χ0v) is 13.7. The Bertz CT molecular complexity index is 445. The summed E-state index contributed by atoms with van der Waals surface area (Å²) in [6.07, 6.45) is 6.30. The van der Waals surface area contributed by atoms with Crippen molar-refractivity contribution < 1.29 is 0 Å². The lowest BCUT2D eigenvalue weighted by molar-refractivity contribution is 0.358. The van der Waals surface area contributed by atoms with Crippen molar-refractivity contribution in [3.63, 3.8) is 0 Å². The molecule has 1 aromatic carbocycles. The van der Waals surface area contributed by atoms with Crippen LogP contribution in [0.2, 0.25) is 0 Å². The first-order valence-electron chi connectivity index (χ1n) is 8.10. The van der Waals surface area contributed by atoms with Gasteiger partial charge < -0.3 is 10.6 Å². The van der Waals surface area contributed by atoms with Crippen molar-refractivity contribution in [2.75, 3.05) is 13.6 Å². The van der Waals surface area contributed by atoms with E-state index in [-0.39, 0.29) is 5.41 Å². The lowest BCUT2D eigenvalue weighted by atomic mass is 9.86. The maximum atomic E-state index is 4.36. The molecular weight excluding hydrogens is 258 g/mol. The van der Waals surface area contributed by atoms with Gasteiger partial charge in [0.15, 0.2) is 5.96 Å². The van der Waals surface area contributed by atoms with Crippen LogP contribution in [-0.4, -0.2) is 25.6 Å². The monoisotopic (exact) mass is 287 g/mol. The number of hydrogen-bond acceptors (Lipinski definition) is 1. The number of aliphatic imine (C=N–C) groups is 1. The van der Waals surface area contributed by atoms with Gasteiger partial charge >= 0.3 is 0 Å². The van der Waals surface area contributed by atoms with Crippen LogP contribution >= 0.6 is 0 Å². The predicted molar refractivity (Wildman–Crippen MR) is 90.7 cm³/mol. The number of guanidine groups is 1. The highest BCUT2D eigenvalue weighted by Crippen LogP contribution is 2.21. The van der Waals surface area contributed by atoms with Gasteiger partial charge in [-0.25, -0.2) is 0 Å². The second-order valence-corrected chi connectivity index (χ2v) is 6.88. The first-order valence-corrected chi connectivity index (χ1v) is 8.10. The molecule has 1 aliphatic rings. The zero-order chi connectivity index (χ0) is 15.1. The van der Waals surface area contributed by atoms with E-state index in [4.69, 9.17) is 0 Å². The highest BCUT2D eigenvalue weighted by atomic mass is 15.2. The largest absolute Gasteiger partial charge is 0.356 e. The SMILES string of the molecule is CN=C(NCC(C)(C)Cc1ccccc1)NC1CCCC1. The lowest BCUT2D eigenvalue weighted by Gasteiger charge is -2.27. The van der Waals surface area contributed by atoms with Gasteiger partial charge in [-0.2, -0.15) is 0 Å². The molecule has 0 amide bonds. The van der Waals surface area contributed by atoms with Gasteiger partial charge in [0.1, 0.15) is 0 Å². The quantitative estimate of drug-likeness (QED) is 0.643. The molecule has 1 aliphatic carbocycles. The van der Waals surface area contributed by atoms with E-state index in [2.05, 4.69) is 59.8 Å². The Hall–Kier alpha value is -1.51. The Morgan fingerprint density at radius 3 is 2.48 bits per heavy atom. The third kappa shape index (κ3) is 5.41. The second kappa shape index (κ2) is 7.48. The molecule has 1 fully saturated rings. The van der Waals surface area contributed by atoms with Crippen molar-refractivity contribution in [3.05, 3.63) is 35.9 Å². The fraction of sp³-hybridized carbons (Fsp3) is 0.611. The summed E-state index contributed by atoms with van der Waals surface area (Å²) >= 11 is 0. The average molecular weight is 287 g/mol. The Kier molecular flexibility index (Phi) is 5.66. The summed E-state index contributed by atoms with van der Waals surface area (Å²) in [5.74, 6) is 0.947. The van der Waals surface area contributed by atoms with Gasteiger partial charge in [-0.15, -0.1) is 0 Å². The van der Waals surface area contributed by atoms with Crippen molar-refractivity contribution in [2.24, 2.45) is 10.4 Å². The van der Waals surface area contributed by atoms with Crippen LogP contribution in [0.25, 0.3) is 0 Å². The summed E-state index contributed by atoms with van der Waals surface area (Å²) < 4.78 is 0. The number of nitrogens with one attached hydrogen (secondary N) is 2. The first kappa shape index (κ1) is 15.9. The van der Waals surface area contributed by atoms with E-state index in [0.717, 1.165) is 18.9 Å². The normalized spacial score (nSPS) is 17.0. The van der Waals surface area contributed by atoms with E-state index in [9.17, 15) is 0 Å². The van der Waals surface area contributed by atoms with Gasteiger partial charge in [-0.05, 0) is 30.2 Å². The number of hydrogen-bond donors (Lipinski definition) is 2. The fourth-order valence-electron chi connectivity index (χ4n) is 2.99. The van der Waals surface area contributed by atoms with Crippen molar-refractivity contribution in [1.82, 2.24) is 10.6 Å². The highest BCUT2D eigenvalue weighted by molar-refractivity contribution is 5.80. The van der Waals surface area contributed by atoms with Gasteiger partial charge in [0.05, 0.1) is 0 Å². The van der Waals surface area contributed by atoms with E-state index in [1.807, 2.05) is 7.05 Å². The zero-order valence-electron chi connectivity index (χ0n) is 13.7. The maximum absolute atomic E-state index is 4.36. The fourth-order valence-corrected chi connectivity index (χ4v) is 2.99. The Labute approximate surface area is 129 Å². The van der Waals surface area contributed by atoms with Crippen LogP contribution in [0.1, 0.15) is 45.1 Å². The smallest absolute Gasteiger partial charge is 0.191 e. The molecule has 0 bridgehead atoms.